The Balaban J connectivity index is 1.44. The minimum absolute atomic E-state index is 0.258. The molecule has 2 aromatic carbocycles. The molecule has 0 spiro atoms. The third kappa shape index (κ3) is 3.32. The Kier molecular flexibility index (Phi) is 3.84. The molecule has 6 nitrogen and oxygen atoms in total. The number of nitrogens with zero attached hydrogens (tertiary/aromatic N) is 3. The van der Waals surface area contributed by atoms with Crippen molar-refractivity contribution in [1.82, 2.24) is 19.7 Å². The zero-order chi connectivity index (χ0) is 17.1. The molecule has 0 saturated heterocycles. The molecular weight excluding hydrogens is 314 g/mol. The molecule has 25 heavy (non-hydrogen) atoms. The van der Waals surface area contributed by atoms with Crippen LogP contribution in [0.4, 0.5) is 5.95 Å². The zero-order valence-electron chi connectivity index (χ0n) is 13.3. The van der Waals surface area contributed by atoms with Gasteiger partial charge in [-0.25, -0.2) is 9.67 Å². The van der Waals surface area contributed by atoms with Crippen molar-refractivity contribution in [3.63, 3.8) is 0 Å². The molecule has 2 N–H and O–H groups in total. The Labute approximate surface area is 143 Å². The van der Waals surface area contributed by atoms with Crippen LogP contribution >= 0.6 is 0 Å². The number of hydrogen-bond acceptors (Lipinski definition) is 3. The van der Waals surface area contributed by atoms with Gasteiger partial charge in [-0.1, -0.05) is 30.3 Å². The van der Waals surface area contributed by atoms with E-state index in [2.05, 4.69) is 20.4 Å². The van der Waals surface area contributed by atoms with E-state index < -0.39 is 0 Å². The Morgan fingerprint density at radius 2 is 1.88 bits per heavy atom. The molecule has 0 aliphatic carbocycles. The van der Waals surface area contributed by atoms with Gasteiger partial charge < -0.3 is 4.98 Å². The second-order valence-corrected chi connectivity index (χ2v) is 5.48. The van der Waals surface area contributed by atoms with Crippen LogP contribution in [0.15, 0.2) is 73.1 Å². The van der Waals surface area contributed by atoms with Gasteiger partial charge in [-0.2, -0.15) is 5.10 Å². The number of para-hydroxylation sites is 3. The van der Waals surface area contributed by atoms with E-state index in [4.69, 9.17) is 0 Å². The van der Waals surface area contributed by atoms with E-state index in [1.54, 1.807) is 17.0 Å². The molecule has 0 aliphatic heterocycles. The van der Waals surface area contributed by atoms with Crippen molar-refractivity contribution >= 4 is 29.0 Å². The largest absolute Gasteiger partial charge is 0.324 e. The van der Waals surface area contributed by atoms with Crippen LogP contribution in [0.5, 0.6) is 0 Å². The maximum atomic E-state index is 12.1. The van der Waals surface area contributed by atoms with Gasteiger partial charge >= 0.3 is 0 Å². The second kappa shape index (κ2) is 6.45. The molecule has 0 atom stereocenters. The van der Waals surface area contributed by atoms with Crippen molar-refractivity contribution in [1.29, 1.82) is 0 Å². The fourth-order valence-corrected chi connectivity index (χ4v) is 2.49. The molecule has 6 heteroatoms. The van der Waals surface area contributed by atoms with E-state index in [1.807, 2.05) is 60.8 Å². The van der Waals surface area contributed by atoms with Gasteiger partial charge in [0.1, 0.15) is 0 Å². The highest BCUT2D eigenvalue weighted by molar-refractivity contribution is 6.01. The van der Waals surface area contributed by atoms with Gasteiger partial charge in [0.25, 0.3) is 5.91 Å². The van der Waals surface area contributed by atoms with Crippen molar-refractivity contribution in [3.8, 4) is 5.69 Å². The van der Waals surface area contributed by atoms with Crippen molar-refractivity contribution in [2.75, 3.05) is 5.32 Å². The first-order chi connectivity index (χ1) is 12.3. The highest BCUT2D eigenvalue weighted by Crippen LogP contribution is 2.13. The molecule has 4 rings (SSSR count). The molecule has 122 valence electrons. The molecule has 2 heterocycles. The lowest BCUT2D eigenvalue weighted by molar-refractivity contribution is -0.111. The predicted octanol–water partition coefficient (Wildman–Crippen LogP) is 3.40. The number of anilines is 1. The normalized spacial score (nSPS) is 11.2. The fraction of sp³-hybridized carbons (Fsp3) is 0. The number of H-pyrrole nitrogens is 1. The molecule has 0 aliphatic rings. The summed E-state index contributed by atoms with van der Waals surface area (Å²) in [5.74, 6) is 0.169. The number of carbonyl (C=O) groups is 1. The average molecular weight is 329 g/mol. The average Bonchev–Trinajstić information content (AvgIpc) is 3.27. The monoisotopic (exact) mass is 329 g/mol. The smallest absolute Gasteiger partial charge is 0.250 e. The number of benzene rings is 2. The molecule has 4 aromatic rings. The number of amides is 1. The number of imidazole rings is 1. The van der Waals surface area contributed by atoms with Gasteiger partial charge in [0.05, 0.1) is 22.9 Å². The predicted molar refractivity (Wildman–Crippen MR) is 97.3 cm³/mol. The summed E-state index contributed by atoms with van der Waals surface area (Å²) in [5, 5.41) is 7.01. The highest BCUT2D eigenvalue weighted by atomic mass is 16.1. The standard InChI is InChI=1S/C19H15N5O/c25-18(23-19-21-16-8-4-5-9-17(16)22-19)11-10-14-12-20-24(13-14)15-6-2-1-3-7-15/h1-13H,(H2,21,22,23,25)/b11-10+. The molecule has 2 aromatic heterocycles. The van der Waals surface area contributed by atoms with Gasteiger partial charge in [0.2, 0.25) is 5.95 Å². The van der Waals surface area contributed by atoms with E-state index in [-0.39, 0.29) is 5.91 Å². The van der Waals surface area contributed by atoms with Crippen LogP contribution in [0.2, 0.25) is 0 Å². The summed E-state index contributed by atoms with van der Waals surface area (Å²) in [6, 6.07) is 17.4. The van der Waals surface area contributed by atoms with E-state index in [9.17, 15) is 4.79 Å². The van der Waals surface area contributed by atoms with E-state index in [0.29, 0.717) is 5.95 Å². The summed E-state index contributed by atoms with van der Waals surface area (Å²) in [5.41, 5.74) is 3.49. The summed E-state index contributed by atoms with van der Waals surface area (Å²) < 4.78 is 1.76. The van der Waals surface area contributed by atoms with Crippen LogP contribution in [0.3, 0.4) is 0 Å². The lowest BCUT2D eigenvalue weighted by Gasteiger charge is -1.98. The summed E-state index contributed by atoms with van der Waals surface area (Å²) in [4.78, 5) is 19.4. The summed E-state index contributed by atoms with van der Waals surface area (Å²) in [7, 11) is 0. The van der Waals surface area contributed by atoms with Crippen molar-refractivity contribution in [2.24, 2.45) is 0 Å². The molecule has 0 bridgehead atoms. The lowest BCUT2D eigenvalue weighted by Crippen LogP contribution is -2.08. The molecule has 1 amide bonds. The van der Waals surface area contributed by atoms with Gasteiger partial charge in [-0.15, -0.1) is 0 Å². The number of hydrogen-bond donors (Lipinski definition) is 2. The van der Waals surface area contributed by atoms with Crippen molar-refractivity contribution in [3.05, 3.63) is 78.6 Å². The Morgan fingerprint density at radius 1 is 1.08 bits per heavy atom. The summed E-state index contributed by atoms with van der Waals surface area (Å²) in [6.45, 7) is 0. The third-order valence-electron chi connectivity index (χ3n) is 3.68. The van der Waals surface area contributed by atoms with Crippen LogP contribution in [-0.2, 0) is 4.79 Å². The number of carbonyl (C=O) groups excluding carboxylic acids is 1. The lowest BCUT2D eigenvalue weighted by atomic mass is 10.3. The van der Waals surface area contributed by atoms with E-state index in [0.717, 1.165) is 22.3 Å². The zero-order valence-corrected chi connectivity index (χ0v) is 13.3. The topological polar surface area (TPSA) is 75.6 Å². The van der Waals surface area contributed by atoms with Gasteiger partial charge in [0.15, 0.2) is 0 Å². The second-order valence-electron chi connectivity index (χ2n) is 5.48. The Morgan fingerprint density at radius 3 is 2.72 bits per heavy atom. The molecule has 0 fully saturated rings. The third-order valence-corrected chi connectivity index (χ3v) is 3.68. The van der Waals surface area contributed by atoms with Crippen LogP contribution in [-0.4, -0.2) is 25.7 Å². The molecule has 0 saturated carbocycles. The van der Waals surface area contributed by atoms with Gasteiger partial charge in [-0.3, -0.25) is 10.1 Å². The van der Waals surface area contributed by atoms with Gasteiger partial charge in [-0.05, 0) is 30.3 Å². The van der Waals surface area contributed by atoms with Crippen LogP contribution in [0, 0.1) is 0 Å². The maximum Gasteiger partial charge on any atom is 0.250 e. The van der Waals surface area contributed by atoms with Crippen molar-refractivity contribution < 1.29 is 4.79 Å². The number of nitrogens with one attached hydrogen (secondary N) is 2. The molecular formula is C19H15N5O. The fourth-order valence-electron chi connectivity index (χ4n) is 2.49. The van der Waals surface area contributed by atoms with Crippen LogP contribution in [0.25, 0.3) is 22.8 Å². The first-order valence-electron chi connectivity index (χ1n) is 7.82. The van der Waals surface area contributed by atoms with Gasteiger partial charge in [0, 0.05) is 17.8 Å². The quantitative estimate of drug-likeness (QED) is 0.563. The minimum Gasteiger partial charge on any atom is -0.324 e. The number of aromatic nitrogens is 4. The summed E-state index contributed by atoms with van der Waals surface area (Å²) >= 11 is 0. The number of fused-ring (bicyclic) bond motifs is 1. The molecule has 0 unspecified atom stereocenters. The van der Waals surface area contributed by atoms with E-state index in [1.165, 1.54) is 6.08 Å². The number of rotatable bonds is 4. The Hall–Kier alpha value is -3.67. The number of aromatic amines is 1. The summed E-state index contributed by atoms with van der Waals surface area (Å²) in [6.07, 6.45) is 6.74. The van der Waals surface area contributed by atoms with Crippen LogP contribution < -0.4 is 5.32 Å². The van der Waals surface area contributed by atoms with Crippen LogP contribution in [0.1, 0.15) is 5.56 Å². The SMILES string of the molecule is O=C(/C=C/c1cnn(-c2ccccc2)c1)Nc1nc2ccccc2[nH]1. The minimum atomic E-state index is -0.258. The first-order valence-corrected chi connectivity index (χ1v) is 7.82. The Bertz CT molecular complexity index is 1010. The highest BCUT2D eigenvalue weighted by Gasteiger charge is 2.04. The van der Waals surface area contributed by atoms with Crippen molar-refractivity contribution in [2.45, 2.75) is 0 Å². The molecule has 0 radical (unpaired) electrons. The first kappa shape index (κ1) is 14.9. The maximum absolute atomic E-state index is 12.1. The van der Waals surface area contributed by atoms with E-state index >= 15 is 0 Å².